The van der Waals surface area contributed by atoms with Crippen molar-refractivity contribution < 1.29 is 18.0 Å². The van der Waals surface area contributed by atoms with Crippen LogP contribution in [0.5, 0.6) is 0 Å². The molecule has 21 heavy (non-hydrogen) atoms. The van der Waals surface area contributed by atoms with Crippen molar-refractivity contribution in [1.82, 2.24) is 0 Å². The van der Waals surface area contributed by atoms with Crippen LogP contribution < -0.4 is 10.6 Å². The van der Waals surface area contributed by atoms with E-state index in [1.54, 1.807) is 24.3 Å². The van der Waals surface area contributed by atoms with Gasteiger partial charge in [0.25, 0.3) is 0 Å². The van der Waals surface area contributed by atoms with E-state index in [1.807, 2.05) is 0 Å². The average Bonchev–Trinajstić information content (AvgIpc) is 2.45. The van der Waals surface area contributed by atoms with E-state index in [0.717, 1.165) is 12.1 Å². The topological polar surface area (TPSA) is 41.1 Å². The van der Waals surface area contributed by atoms with Crippen LogP contribution >= 0.6 is 15.9 Å². The molecule has 0 radical (unpaired) electrons. The van der Waals surface area contributed by atoms with Gasteiger partial charge in [0.05, 0.1) is 12.2 Å². The van der Waals surface area contributed by atoms with Gasteiger partial charge in [-0.25, -0.2) is 13.2 Å². The Labute approximate surface area is 127 Å². The molecular weight excluding hydrogens is 349 g/mol. The fourth-order valence-electron chi connectivity index (χ4n) is 1.60. The van der Waals surface area contributed by atoms with E-state index in [-0.39, 0.29) is 12.2 Å². The van der Waals surface area contributed by atoms with Crippen LogP contribution in [0.15, 0.2) is 40.9 Å². The second-order valence-electron chi connectivity index (χ2n) is 4.14. The molecule has 0 spiro atoms. The van der Waals surface area contributed by atoms with E-state index in [9.17, 15) is 18.0 Å². The minimum atomic E-state index is -1.54. The number of para-hydroxylation sites is 1. The monoisotopic (exact) mass is 358 g/mol. The number of halogens is 4. The Hall–Kier alpha value is -2.02. The number of rotatable bonds is 4. The first-order valence-electron chi connectivity index (χ1n) is 5.90. The first kappa shape index (κ1) is 15.4. The number of carbonyl (C=O) groups is 1. The van der Waals surface area contributed by atoms with E-state index < -0.39 is 23.4 Å². The largest absolute Gasteiger partial charge is 0.376 e. The molecule has 0 fully saturated rings. The van der Waals surface area contributed by atoms with Gasteiger partial charge in [0.15, 0.2) is 17.5 Å². The summed E-state index contributed by atoms with van der Waals surface area (Å²) in [7, 11) is 0. The summed E-state index contributed by atoms with van der Waals surface area (Å²) in [5, 5.41) is 5.13. The van der Waals surface area contributed by atoms with E-state index in [0.29, 0.717) is 10.2 Å². The zero-order chi connectivity index (χ0) is 15.4. The number of hydrogen-bond acceptors (Lipinski definition) is 2. The number of hydrogen-bond donors (Lipinski definition) is 2. The Morgan fingerprint density at radius 3 is 2.33 bits per heavy atom. The molecular formula is C14H10BrF3N2O. The number of carbonyl (C=O) groups excluding carboxylic acids is 1. The number of nitrogens with one attached hydrogen (secondary N) is 2. The molecule has 0 unspecified atom stereocenters. The molecule has 0 atom stereocenters. The van der Waals surface area contributed by atoms with Crippen LogP contribution in [0, 0.1) is 17.5 Å². The van der Waals surface area contributed by atoms with E-state index >= 15 is 0 Å². The summed E-state index contributed by atoms with van der Waals surface area (Å²) < 4.78 is 39.5. The third-order valence-electron chi connectivity index (χ3n) is 2.58. The molecule has 0 heterocycles. The van der Waals surface area contributed by atoms with Gasteiger partial charge in [0.2, 0.25) is 5.91 Å². The highest BCUT2D eigenvalue weighted by Crippen LogP contribution is 2.21. The minimum Gasteiger partial charge on any atom is -0.376 e. The zero-order valence-corrected chi connectivity index (χ0v) is 12.2. The van der Waals surface area contributed by atoms with Crippen LogP contribution in [0.1, 0.15) is 0 Å². The van der Waals surface area contributed by atoms with Gasteiger partial charge in [-0.1, -0.05) is 12.1 Å². The summed E-state index contributed by atoms with van der Waals surface area (Å²) in [5.74, 6) is -4.59. The van der Waals surface area contributed by atoms with Crippen LogP contribution in [-0.2, 0) is 4.79 Å². The van der Waals surface area contributed by atoms with E-state index in [2.05, 4.69) is 26.6 Å². The molecule has 0 saturated heterocycles. The Balaban J connectivity index is 1.97. The quantitative estimate of drug-likeness (QED) is 0.813. The second kappa shape index (κ2) is 6.62. The van der Waals surface area contributed by atoms with Gasteiger partial charge in [-0.15, -0.1) is 0 Å². The minimum absolute atomic E-state index is 0.0197. The van der Waals surface area contributed by atoms with Gasteiger partial charge in [-0.2, -0.15) is 0 Å². The summed E-state index contributed by atoms with van der Waals surface area (Å²) in [6.45, 7) is -0.216. The van der Waals surface area contributed by atoms with Crippen molar-refractivity contribution >= 4 is 33.2 Å². The van der Waals surface area contributed by atoms with Crippen molar-refractivity contribution in [3.63, 3.8) is 0 Å². The molecule has 0 aromatic heterocycles. The SMILES string of the molecule is O=C(CNc1cc(F)c(F)c(F)c1)Nc1ccccc1Br. The highest BCUT2D eigenvalue weighted by Gasteiger charge is 2.11. The first-order valence-corrected chi connectivity index (χ1v) is 6.69. The van der Waals surface area contributed by atoms with Gasteiger partial charge < -0.3 is 10.6 Å². The predicted molar refractivity (Wildman–Crippen MR) is 77.6 cm³/mol. The maximum atomic E-state index is 13.0. The summed E-state index contributed by atoms with van der Waals surface area (Å²) in [6, 6.07) is 8.56. The van der Waals surface area contributed by atoms with Gasteiger partial charge in [0, 0.05) is 22.3 Å². The Morgan fingerprint density at radius 1 is 1.10 bits per heavy atom. The van der Waals surface area contributed by atoms with Crippen LogP contribution in [0.2, 0.25) is 0 Å². The van der Waals surface area contributed by atoms with Crippen LogP contribution in [0.4, 0.5) is 24.5 Å². The van der Waals surface area contributed by atoms with Crippen molar-refractivity contribution in [3.05, 3.63) is 58.3 Å². The van der Waals surface area contributed by atoms with Gasteiger partial charge >= 0.3 is 0 Å². The average molecular weight is 359 g/mol. The van der Waals surface area contributed by atoms with Crippen molar-refractivity contribution in [2.45, 2.75) is 0 Å². The van der Waals surface area contributed by atoms with Crippen LogP contribution in [-0.4, -0.2) is 12.5 Å². The van der Waals surface area contributed by atoms with Crippen molar-refractivity contribution in [1.29, 1.82) is 0 Å². The molecule has 0 bridgehead atoms. The smallest absolute Gasteiger partial charge is 0.243 e. The molecule has 2 N–H and O–H groups in total. The lowest BCUT2D eigenvalue weighted by molar-refractivity contribution is -0.114. The molecule has 2 aromatic rings. The first-order chi connectivity index (χ1) is 9.97. The molecule has 0 aliphatic heterocycles. The fraction of sp³-hybridized carbons (Fsp3) is 0.0714. The van der Waals surface area contributed by atoms with E-state index in [4.69, 9.17) is 0 Å². The normalized spacial score (nSPS) is 10.3. The van der Waals surface area contributed by atoms with E-state index in [1.165, 1.54) is 0 Å². The Morgan fingerprint density at radius 2 is 1.71 bits per heavy atom. The third kappa shape index (κ3) is 3.98. The Bertz CT molecular complexity index is 656. The summed E-state index contributed by atoms with van der Waals surface area (Å²) >= 11 is 3.27. The lowest BCUT2D eigenvalue weighted by Gasteiger charge is -2.09. The number of anilines is 2. The van der Waals surface area contributed by atoms with Gasteiger partial charge in [-0.05, 0) is 28.1 Å². The van der Waals surface area contributed by atoms with Crippen molar-refractivity contribution in [2.75, 3.05) is 17.2 Å². The summed E-state index contributed by atoms with van der Waals surface area (Å²) in [5.41, 5.74) is 0.550. The maximum Gasteiger partial charge on any atom is 0.243 e. The molecule has 1 amide bonds. The highest BCUT2D eigenvalue weighted by molar-refractivity contribution is 9.10. The molecule has 0 saturated carbocycles. The maximum absolute atomic E-state index is 13.0. The molecule has 2 rings (SSSR count). The van der Waals surface area contributed by atoms with Crippen LogP contribution in [0.25, 0.3) is 0 Å². The summed E-state index contributed by atoms with van der Waals surface area (Å²) in [6.07, 6.45) is 0. The zero-order valence-electron chi connectivity index (χ0n) is 10.6. The standard InChI is InChI=1S/C14H10BrF3N2O/c15-9-3-1-2-4-12(9)20-13(21)7-19-8-5-10(16)14(18)11(17)6-8/h1-6,19H,7H2,(H,20,21). The number of benzene rings is 2. The number of amides is 1. The fourth-order valence-corrected chi connectivity index (χ4v) is 1.98. The molecule has 0 aliphatic rings. The van der Waals surface area contributed by atoms with Gasteiger partial charge in [0.1, 0.15) is 0 Å². The molecule has 3 nitrogen and oxygen atoms in total. The lowest BCUT2D eigenvalue weighted by atomic mass is 10.3. The predicted octanol–water partition coefficient (Wildman–Crippen LogP) is 3.92. The van der Waals surface area contributed by atoms with Crippen LogP contribution in [0.3, 0.4) is 0 Å². The van der Waals surface area contributed by atoms with Crippen molar-refractivity contribution in [2.24, 2.45) is 0 Å². The van der Waals surface area contributed by atoms with Gasteiger partial charge in [-0.3, -0.25) is 4.79 Å². The molecule has 110 valence electrons. The molecule has 2 aromatic carbocycles. The Kier molecular flexibility index (Phi) is 4.85. The molecule has 0 aliphatic carbocycles. The van der Waals surface area contributed by atoms with Crippen molar-refractivity contribution in [3.8, 4) is 0 Å². The molecule has 7 heteroatoms. The summed E-state index contributed by atoms with van der Waals surface area (Å²) in [4.78, 5) is 11.7. The third-order valence-corrected chi connectivity index (χ3v) is 3.28. The highest BCUT2D eigenvalue weighted by atomic mass is 79.9. The second-order valence-corrected chi connectivity index (χ2v) is 4.99. The lowest BCUT2D eigenvalue weighted by Crippen LogP contribution is -2.22.